The maximum atomic E-state index is 11.6. The lowest BCUT2D eigenvalue weighted by Gasteiger charge is -2.15. The first-order chi connectivity index (χ1) is 9.78. The number of hydrogen-bond donors (Lipinski definition) is 2. The summed E-state index contributed by atoms with van der Waals surface area (Å²) in [6.07, 6.45) is 0.769. The summed E-state index contributed by atoms with van der Waals surface area (Å²) in [6.45, 7) is 4.71. The van der Waals surface area contributed by atoms with Crippen molar-refractivity contribution in [3.8, 4) is 0 Å². The molecule has 110 valence electrons. The maximum absolute atomic E-state index is 11.6. The topological polar surface area (TPSA) is 67.6 Å². The summed E-state index contributed by atoms with van der Waals surface area (Å²) < 4.78 is 5.18. The van der Waals surface area contributed by atoms with Gasteiger partial charge < -0.3 is 20.7 Å². The number of nitrogens with zero attached hydrogens (tertiary/aromatic N) is 1. The minimum absolute atomic E-state index is 0.316. The second-order valence-electron chi connectivity index (χ2n) is 5.19. The minimum Gasteiger partial charge on any atom is -0.445 e. The van der Waals surface area contributed by atoms with Gasteiger partial charge in [0.2, 0.25) is 0 Å². The van der Waals surface area contributed by atoms with Gasteiger partial charge >= 0.3 is 6.09 Å². The molecule has 0 bridgehead atoms. The van der Waals surface area contributed by atoms with Gasteiger partial charge in [-0.2, -0.15) is 0 Å². The van der Waals surface area contributed by atoms with Crippen LogP contribution in [0.5, 0.6) is 0 Å². The highest BCUT2D eigenvalue weighted by Crippen LogP contribution is 2.14. The summed E-state index contributed by atoms with van der Waals surface area (Å²) in [7, 11) is 0. The fraction of sp³-hybridized carbons (Fsp3) is 0.533. The van der Waals surface area contributed by atoms with Crippen LogP contribution in [0.25, 0.3) is 0 Å². The van der Waals surface area contributed by atoms with E-state index < -0.39 is 0 Å². The van der Waals surface area contributed by atoms with Gasteiger partial charge in [-0.15, -0.1) is 0 Å². The number of benzene rings is 1. The van der Waals surface area contributed by atoms with E-state index in [1.165, 1.54) is 0 Å². The van der Waals surface area contributed by atoms with Crippen LogP contribution in [0.3, 0.4) is 0 Å². The van der Waals surface area contributed by atoms with Crippen molar-refractivity contribution in [3.63, 3.8) is 0 Å². The smallest absolute Gasteiger partial charge is 0.407 e. The van der Waals surface area contributed by atoms with Crippen LogP contribution in [0, 0.1) is 5.92 Å². The molecule has 1 aliphatic rings. The van der Waals surface area contributed by atoms with Gasteiger partial charge in [0.1, 0.15) is 6.61 Å². The van der Waals surface area contributed by atoms with E-state index in [4.69, 9.17) is 10.5 Å². The molecule has 1 amide bonds. The fourth-order valence-corrected chi connectivity index (χ4v) is 2.47. The van der Waals surface area contributed by atoms with Crippen LogP contribution in [-0.4, -0.2) is 43.7 Å². The van der Waals surface area contributed by atoms with E-state index in [9.17, 15) is 4.79 Å². The number of nitrogens with one attached hydrogen (secondary N) is 1. The molecule has 5 heteroatoms. The zero-order chi connectivity index (χ0) is 14.2. The van der Waals surface area contributed by atoms with Crippen molar-refractivity contribution < 1.29 is 9.53 Å². The van der Waals surface area contributed by atoms with Gasteiger partial charge in [-0.3, -0.25) is 0 Å². The first kappa shape index (κ1) is 14.8. The Kier molecular flexibility index (Phi) is 5.83. The number of likely N-dealkylation sites (tertiary alicyclic amines) is 1. The third kappa shape index (κ3) is 4.83. The normalized spacial score (nSPS) is 18.9. The van der Waals surface area contributed by atoms with E-state index >= 15 is 0 Å². The lowest BCUT2D eigenvalue weighted by Crippen LogP contribution is -2.32. The molecular weight excluding hydrogens is 254 g/mol. The quantitative estimate of drug-likeness (QED) is 0.819. The molecule has 1 aromatic carbocycles. The summed E-state index contributed by atoms with van der Waals surface area (Å²) in [4.78, 5) is 13.9. The zero-order valence-corrected chi connectivity index (χ0v) is 11.8. The lowest BCUT2D eigenvalue weighted by molar-refractivity contribution is 0.138. The Hall–Kier alpha value is -1.59. The van der Waals surface area contributed by atoms with Gasteiger partial charge in [0.15, 0.2) is 0 Å². The standard InChI is InChI=1S/C15H23N3O2/c16-7-9-18-8-6-14(11-18)10-17-15(19)20-12-13-4-2-1-3-5-13/h1-5,14H,6-12,16H2,(H,17,19). The monoisotopic (exact) mass is 277 g/mol. The molecule has 20 heavy (non-hydrogen) atoms. The molecule has 1 unspecified atom stereocenters. The molecule has 1 saturated heterocycles. The van der Waals surface area contributed by atoms with Crippen molar-refractivity contribution in [2.75, 3.05) is 32.7 Å². The van der Waals surface area contributed by atoms with Crippen molar-refractivity contribution in [1.29, 1.82) is 0 Å². The molecule has 0 aliphatic carbocycles. The summed E-state index contributed by atoms with van der Waals surface area (Å²) in [5.41, 5.74) is 6.54. The average Bonchev–Trinajstić information content (AvgIpc) is 2.92. The number of amides is 1. The van der Waals surface area contributed by atoms with E-state index in [1.54, 1.807) is 0 Å². The van der Waals surface area contributed by atoms with Crippen molar-refractivity contribution in [3.05, 3.63) is 35.9 Å². The summed E-state index contributed by atoms with van der Waals surface area (Å²) in [6, 6.07) is 9.68. The number of carbonyl (C=O) groups is 1. The van der Waals surface area contributed by atoms with Crippen LogP contribution in [-0.2, 0) is 11.3 Å². The number of nitrogens with two attached hydrogens (primary N) is 1. The molecule has 0 spiro atoms. The highest BCUT2D eigenvalue weighted by atomic mass is 16.5. The van der Waals surface area contributed by atoms with Crippen LogP contribution in [0.15, 0.2) is 30.3 Å². The number of carbonyl (C=O) groups excluding carboxylic acids is 1. The van der Waals surface area contributed by atoms with Gasteiger partial charge in [-0.05, 0) is 24.4 Å². The molecule has 1 atom stereocenters. The van der Waals surface area contributed by atoms with Crippen molar-refractivity contribution >= 4 is 6.09 Å². The van der Waals surface area contributed by atoms with E-state index in [-0.39, 0.29) is 6.09 Å². The van der Waals surface area contributed by atoms with Crippen LogP contribution in [0.2, 0.25) is 0 Å². The molecule has 3 N–H and O–H groups in total. The second kappa shape index (κ2) is 7.87. The third-order valence-electron chi connectivity index (χ3n) is 3.56. The van der Waals surface area contributed by atoms with Gasteiger partial charge in [-0.25, -0.2) is 4.79 Å². The molecular formula is C15H23N3O2. The minimum atomic E-state index is -0.342. The predicted molar refractivity (Wildman–Crippen MR) is 78.2 cm³/mol. The molecule has 1 aliphatic heterocycles. The third-order valence-corrected chi connectivity index (χ3v) is 3.56. The molecule has 1 aromatic rings. The SMILES string of the molecule is NCCN1CCC(CNC(=O)OCc2ccccc2)C1. The van der Waals surface area contributed by atoms with Crippen LogP contribution < -0.4 is 11.1 Å². The van der Waals surface area contributed by atoms with Gasteiger partial charge in [0.05, 0.1) is 0 Å². The van der Waals surface area contributed by atoms with Crippen LogP contribution in [0.1, 0.15) is 12.0 Å². The molecule has 5 nitrogen and oxygen atoms in total. The Labute approximate surface area is 120 Å². The Morgan fingerprint density at radius 3 is 2.95 bits per heavy atom. The van der Waals surface area contributed by atoms with Gasteiger partial charge in [-0.1, -0.05) is 30.3 Å². The van der Waals surface area contributed by atoms with E-state index in [1.807, 2.05) is 30.3 Å². The number of hydrogen-bond acceptors (Lipinski definition) is 4. The average molecular weight is 277 g/mol. The van der Waals surface area contributed by atoms with Crippen molar-refractivity contribution in [2.24, 2.45) is 11.7 Å². The molecule has 0 radical (unpaired) electrons. The van der Waals surface area contributed by atoms with Gasteiger partial charge in [0.25, 0.3) is 0 Å². The summed E-state index contributed by atoms with van der Waals surface area (Å²) in [5.74, 6) is 0.505. The van der Waals surface area contributed by atoms with Crippen LogP contribution >= 0.6 is 0 Å². The summed E-state index contributed by atoms with van der Waals surface area (Å²) >= 11 is 0. The second-order valence-corrected chi connectivity index (χ2v) is 5.19. The fourth-order valence-electron chi connectivity index (χ4n) is 2.47. The summed E-state index contributed by atoms with van der Waals surface area (Å²) in [5, 5.41) is 2.84. The van der Waals surface area contributed by atoms with Crippen molar-refractivity contribution in [2.45, 2.75) is 13.0 Å². The van der Waals surface area contributed by atoms with Gasteiger partial charge in [0, 0.05) is 26.2 Å². The van der Waals surface area contributed by atoms with E-state index in [0.29, 0.717) is 25.6 Å². The first-order valence-electron chi connectivity index (χ1n) is 7.15. The highest BCUT2D eigenvalue weighted by Gasteiger charge is 2.22. The Morgan fingerprint density at radius 1 is 1.40 bits per heavy atom. The van der Waals surface area contributed by atoms with E-state index in [2.05, 4.69) is 10.2 Å². The van der Waals surface area contributed by atoms with Crippen molar-refractivity contribution in [1.82, 2.24) is 10.2 Å². The molecule has 0 aromatic heterocycles. The molecule has 0 saturated carbocycles. The molecule has 1 heterocycles. The number of rotatable bonds is 6. The number of alkyl carbamates (subject to hydrolysis) is 1. The largest absolute Gasteiger partial charge is 0.445 e. The van der Waals surface area contributed by atoms with E-state index in [0.717, 1.165) is 31.6 Å². The number of ether oxygens (including phenoxy) is 1. The first-order valence-corrected chi connectivity index (χ1v) is 7.15. The highest BCUT2D eigenvalue weighted by molar-refractivity contribution is 5.67. The molecule has 1 fully saturated rings. The predicted octanol–water partition coefficient (Wildman–Crippen LogP) is 1.19. The Balaban J connectivity index is 1.61. The Bertz CT molecular complexity index is 411. The zero-order valence-electron chi connectivity index (χ0n) is 11.8. The molecule has 2 rings (SSSR count). The Morgan fingerprint density at radius 2 is 2.20 bits per heavy atom. The van der Waals surface area contributed by atoms with Crippen LogP contribution in [0.4, 0.5) is 4.79 Å². The lowest BCUT2D eigenvalue weighted by atomic mass is 10.1. The maximum Gasteiger partial charge on any atom is 0.407 e.